The maximum atomic E-state index is 13.7. The van der Waals surface area contributed by atoms with Gasteiger partial charge < -0.3 is 0 Å². The number of hydrogen-bond acceptors (Lipinski definition) is 4. The molecule has 7 rings (SSSR count). The molecule has 0 aliphatic heterocycles. The Labute approximate surface area is 250 Å². The van der Waals surface area contributed by atoms with Crippen LogP contribution in [0.2, 0.25) is 0 Å². The van der Waals surface area contributed by atoms with Gasteiger partial charge in [-0.15, -0.1) is 0 Å². The van der Waals surface area contributed by atoms with E-state index in [1.54, 1.807) is 12.1 Å². The Morgan fingerprint density at radius 3 is 2.02 bits per heavy atom. The van der Waals surface area contributed by atoms with E-state index in [0.717, 1.165) is 45.2 Å². The first-order valence-corrected chi connectivity index (χ1v) is 13.7. The molecule has 206 valence electrons. The van der Waals surface area contributed by atoms with E-state index in [1.165, 1.54) is 6.07 Å². The lowest BCUT2D eigenvalue weighted by molar-refractivity contribution is -0.137. The van der Waals surface area contributed by atoms with Gasteiger partial charge in [0.1, 0.15) is 23.6 Å². The van der Waals surface area contributed by atoms with Gasteiger partial charge in [-0.25, -0.2) is 0 Å². The second-order valence-corrected chi connectivity index (χ2v) is 10.8. The van der Waals surface area contributed by atoms with Crippen LogP contribution in [-0.4, -0.2) is 0 Å². The summed E-state index contributed by atoms with van der Waals surface area (Å²) in [6, 6.07) is 34.9. The molecule has 0 amide bonds. The van der Waals surface area contributed by atoms with E-state index in [9.17, 15) is 34.2 Å². The number of halogens is 3. The first-order chi connectivity index (χ1) is 21.3. The molecule has 1 atom stereocenters. The number of fused-ring (bicyclic) bond motifs is 7. The van der Waals surface area contributed by atoms with Crippen molar-refractivity contribution < 1.29 is 13.2 Å². The summed E-state index contributed by atoms with van der Waals surface area (Å²) in [6.07, 6.45) is -4.62. The van der Waals surface area contributed by atoms with E-state index in [0.29, 0.717) is 27.8 Å². The molecular weight excluding hydrogens is 557 g/mol. The fourth-order valence-electron chi connectivity index (χ4n) is 6.66. The minimum atomic E-state index is -4.62. The Balaban J connectivity index is 1.49. The van der Waals surface area contributed by atoms with Crippen LogP contribution in [-0.2, 0) is 6.18 Å². The Morgan fingerprint density at radius 2 is 1.30 bits per heavy atom. The van der Waals surface area contributed by atoms with Gasteiger partial charge in [0, 0.05) is 11.5 Å². The molecule has 0 fully saturated rings. The number of nitrogens with zero attached hydrogens (tertiary/aromatic N) is 4. The van der Waals surface area contributed by atoms with E-state index >= 15 is 0 Å². The largest absolute Gasteiger partial charge is 0.416 e. The highest BCUT2D eigenvalue weighted by atomic mass is 19.4. The van der Waals surface area contributed by atoms with Gasteiger partial charge in [0.15, 0.2) is 0 Å². The standard InChI is InChI=1S/C37H17F3N4/c38-37(39,40)24-9-11-28-30-15-33-29(14-34(30)36(32(28)13-24)23(18-43)19-44)27-10-8-21(12-31(27)35(33)22(16-41)17-42)26-7-3-5-20-4-1-2-6-25(20)26/h1-15,22,35H. The van der Waals surface area contributed by atoms with E-state index in [2.05, 4.69) is 12.1 Å². The van der Waals surface area contributed by atoms with Crippen molar-refractivity contribution in [2.75, 3.05) is 0 Å². The van der Waals surface area contributed by atoms with Gasteiger partial charge in [-0.2, -0.15) is 34.2 Å². The number of benzene rings is 5. The lowest BCUT2D eigenvalue weighted by Crippen LogP contribution is -2.08. The van der Waals surface area contributed by atoms with E-state index in [4.69, 9.17) is 0 Å². The van der Waals surface area contributed by atoms with Crippen molar-refractivity contribution in [2.24, 2.45) is 5.92 Å². The molecule has 7 heteroatoms. The zero-order valence-corrected chi connectivity index (χ0v) is 22.7. The summed E-state index contributed by atoms with van der Waals surface area (Å²) in [5.74, 6) is -1.65. The summed E-state index contributed by atoms with van der Waals surface area (Å²) in [4.78, 5) is 0. The second-order valence-electron chi connectivity index (χ2n) is 10.8. The molecule has 2 aliphatic carbocycles. The third-order valence-corrected chi connectivity index (χ3v) is 8.56. The molecule has 5 aromatic carbocycles. The van der Waals surface area contributed by atoms with Crippen LogP contribution in [0.1, 0.15) is 33.7 Å². The number of rotatable bonds is 2. The van der Waals surface area contributed by atoms with Crippen LogP contribution in [0, 0.1) is 51.2 Å². The van der Waals surface area contributed by atoms with Gasteiger partial charge in [-0.3, -0.25) is 0 Å². The van der Waals surface area contributed by atoms with Gasteiger partial charge in [0.05, 0.1) is 17.7 Å². The monoisotopic (exact) mass is 574 g/mol. The molecule has 0 heterocycles. The molecule has 44 heavy (non-hydrogen) atoms. The molecule has 1 unspecified atom stereocenters. The van der Waals surface area contributed by atoms with Crippen molar-refractivity contribution >= 4 is 16.3 Å². The van der Waals surface area contributed by atoms with E-state index in [-0.39, 0.29) is 16.7 Å². The van der Waals surface area contributed by atoms with Gasteiger partial charge in [0.25, 0.3) is 0 Å². The molecule has 0 saturated carbocycles. The van der Waals surface area contributed by atoms with Crippen LogP contribution in [0.3, 0.4) is 0 Å². The SMILES string of the molecule is N#CC(C#N)=C1c2cc(C(F)(F)F)ccc2-c2cc3c(cc21)-c1ccc(-c2cccc4ccccc24)cc1C3C(C#N)C#N. The molecule has 2 aliphatic rings. The van der Waals surface area contributed by atoms with Crippen molar-refractivity contribution in [1.82, 2.24) is 0 Å². The first-order valence-electron chi connectivity index (χ1n) is 13.7. The third-order valence-electron chi connectivity index (χ3n) is 8.56. The molecule has 4 nitrogen and oxygen atoms in total. The van der Waals surface area contributed by atoms with Crippen molar-refractivity contribution in [3.8, 4) is 57.7 Å². The zero-order chi connectivity index (χ0) is 30.7. The van der Waals surface area contributed by atoms with Crippen molar-refractivity contribution in [2.45, 2.75) is 12.1 Å². The minimum Gasteiger partial charge on any atom is -0.197 e. The topological polar surface area (TPSA) is 95.2 Å². The number of allylic oxidation sites excluding steroid dienone is 1. The number of hydrogen-bond donors (Lipinski definition) is 0. The minimum absolute atomic E-state index is 0.142. The highest BCUT2D eigenvalue weighted by Crippen LogP contribution is 2.55. The average Bonchev–Trinajstić information content (AvgIpc) is 3.52. The Kier molecular flexibility index (Phi) is 5.90. The molecule has 0 radical (unpaired) electrons. The van der Waals surface area contributed by atoms with Crippen LogP contribution < -0.4 is 0 Å². The Morgan fingerprint density at radius 1 is 0.614 bits per heavy atom. The van der Waals surface area contributed by atoms with Gasteiger partial charge >= 0.3 is 6.18 Å². The smallest absolute Gasteiger partial charge is 0.197 e. The van der Waals surface area contributed by atoms with Gasteiger partial charge in [-0.05, 0) is 96.7 Å². The number of alkyl halides is 3. The highest BCUT2D eigenvalue weighted by molar-refractivity contribution is 6.06. The maximum Gasteiger partial charge on any atom is 0.416 e. The van der Waals surface area contributed by atoms with Crippen molar-refractivity contribution in [1.29, 1.82) is 21.0 Å². The lowest BCUT2D eigenvalue weighted by atomic mass is 9.83. The fraction of sp³-hybridized carbons (Fsp3) is 0.0811. The highest BCUT2D eigenvalue weighted by Gasteiger charge is 2.39. The van der Waals surface area contributed by atoms with Gasteiger partial charge in [0.2, 0.25) is 0 Å². The van der Waals surface area contributed by atoms with Crippen LogP contribution in [0.4, 0.5) is 13.2 Å². The van der Waals surface area contributed by atoms with Crippen LogP contribution in [0.15, 0.2) is 96.6 Å². The quantitative estimate of drug-likeness (QED) is 0.193. The van der Waals surface area contributed by atoms with Gasteiger partial charge in [-0.1, -0.05) is 60.7 Å². The van der Waals surface area contributed by atoms with Crippen molar-refractivity contribution in [3.63, 3.8) is 0 Å². The summed E-state index contributed by atoms with van der Waals surface area (Å²) in [7, 11) is 0. The molecule has 0 saturated heterocycles. The molecule has 0 N–H and O–H groups in total. The Bertz CT molecular complexity index is 2250. The molecule has 0 aromatic heterocycles. The van der Waals surface area contributed by atoms with Crippen LogP contribution in [0.25, 0.3) is 49.7 Å². The summed E-state index contributed by atoms with van der Waals surface area (Å²) in [5.41, 5.74) is 5.48. The normalized spacial score (nSPS) is 14.1. The predicted octanol–water partition coefficient (Wildman–Crippen LogP) is 9.13. The molecular formula is C37H17F3N4. The number of nitriles is 4. The molecule has 0 bridgehead atoms. The maximum absolute atomic E-state index is 13.7. The fourth-order valence-corrected chi connectivity index (χ4v) is 6.66. The summed E-state index contributed by atoms with van der Waals surface area (Å²) < 4.78 is 41.1. The van der Waals surface area contributed by atoms with E-state index in [1.807, 2.05) is 72.8 Å². The third kappa shape index (κ3) is 3.81. The van der Waals surface area contributed by atoms with Crippen LogP contribution >= 0.6 is 0 Å². The lowest BCUT2D eigenvalue weighted by Gasteiger charge is -2.16. The molecule has 0 spiro atoms. The van der Waals surface area contributed by atoms with Crippen molar-refractivity contribution in [3.05, 3.63) is 124 Å². The average molecular weight is 575 g/mol. The summed E-state index contributed by atoms with van der Waals surface area (Å²) in [5, 5.41) is 41.8. The van der Waals surface area contributed by atoms with E-state index < -0.39 is 23.6 Å². The second kappa shape index (κ2) is 9.71. The zero-order valence-electron chi connectivity index (χ0n) is 22.7. The summed E-state index contributed by atoms with van der Waals surface area (Å²) >= 11 is 0. The first kappa shape index (κ1) is 26.7. The molecule has 5 aromatic rings. The Hall–Kier alpha value is -6.15. The van der Waals surface area contributed by atoms with Crippen LogP contribution in [0.5, 0.6) is 0 Å². The summed E-state index contributed by atoms with van der Waals surface area (Å²) in [6.45, 7) is 0. The predicted molar refractivity (Wildman–Crippen MR) is 159 cm³/mol.